The molecule has 0 spiro atoms. The monoisotopic (exact) mass is 357 g/mol. The maximum absolute atomic E-state index is 13.1. The second-order valence-corrected chi connectivity index (χ2v) is 6.83. The van der Waals surface area contributed by atoms with Crippen LogP contribution in [0.3, 0.4) is 0 Å². The smallest absolute Gasteiger partial charge is 0.254 e. The standard InChI is InChI=1S/C23H23N3O/c1-25(19-12-6-3-7-13-19)22-20(14-8-16-24-22)21-15-9-17-26(21)23(27)18-10-4-2-5-11-18/h2-8,10-14,16,21H,9,15,17H2,1H3/t21-/m0/s1. The molecule has 3 aromatic rings. The zero-order chi connectivity index (χ0) is 18.6. The number of benzene rings is 2. The summed E-state index contributed by atoms with van der Waals surface area (Å²) >= 11 is 0. The van der Waals surface area contributed by atoms with Crippen molar-refractivity contribution in [1.29, 1.82) is 0 Å². The summed E-state index contributed by atoms with van der Waals surface area (Å²) in [5, 5.41) is 0. The number of para-hydroxylation sites is 1. The molecule has 4 nitrogen and oxygen atoms in total. The van der Waals surface area contributed by atoms with E-state index in [1.807, 2.05) is 72.7 Å². The van der Waals surface area contributed by atoms with E-state index in [1.165, 1.54) is 0 Å². The van der Waals surface area contributed by atoms with Gasteiger partial charge in [-0.25, -0.2) is 4.98 Å². The summed E-state index contributed by atoms with van der Waals surface area (Å²) in [5.74, 6) is 0.997. The predicted molar refractivity (Wildman–Crippen MR) is 108 cm³/mol. The molecule has 1 aliphatic rings. The maximum Gasteiger partial charge on any atom is 0.254 e. The van der Waals surface area contributed by atoms with E-state index in [-0.39, 0.29) is 11.9 Å². The van der Waals surface area contributed by atoms with E-state index in [2.05, 4.69) is 28.1 Å². The highest BCUT2D eigenvalue weighted by atomic mass is 16.2. The van der Waals surface area contributed by atoms with Crippen LogP contribution in [0.25, 0.3) is 0 Å². The van der Waals surface area contributed by atoms with Crippen molar-refractivity contribution < 1.29 is 4.79 Å². The average molecular weight is 357 g/mol. The van der Waals surface area contributed by atoms with Gasteiger partial charge in [0.1, 0.15) is 5.82 Å². The first kappa shape index (κ1) is 17.3. The van der Waals surface area contributed by atoms with Crippen molar-refractivity contribution in [3.8, 4) is 0 Å². The average Bonchev–Trinajstić information content (AvgIpc) is 3.23. The van der Waals surface area contributed by atoms with Crippen molar-refractivity contribution >= 4 is 17.4 Å². The van der Waals surface area contributed by atoms with Gasteiger partial charge in [-0.3, -0.25) is 4.79 Å². The number of rotatable bonds is 4. The molecule has 0 radical (unpaired) electrons. The molecule has 1 saturated heterocycles. The van der Waals surface area contributed by atoms with E-state index in [1.54, 1.807) is 0 Å². The third-order valence-corrected chi connectivity index (χ3v) is 5.17. The van der Waals surface area contributed by atoms with Crippen LogP contribution < -0.4 is 4.90 Å². The molecule has 2 heterocycles. The van der Waals surface area contributed by atoms with Gasteiger partial charge in [-0.2, -0.15) is 0 Å². The molecule has 0 aliphatic carbocycles. The summed E-state index contributed by atoms with van der Waals surface area (Å²) in [6, 6.07) is 23.8. The highest BCUT2D eigenvalue weighted by Crippen LogP contribution is 2.38. The second-order valence-electron chi connectivity index (χ2n) is 6.83. The number of hydrogen-bond acceptors (Lipinski definition) is 3. The largest absolute Gasteiger partial charge is 0.331 e. The first-order valence-electron chi connectivity index (χ1n) is 9.35. The fourth-order valence-electron chi connectivity index (χ4n) is 3.80. The number of hydrogen-bond donors (Lipinski definition) is 0. The Labute approximate surface area is 160 Å². The number of anilines is 2. The van der Waals surface area contributed by atoms with Gasteiger partial charge in [0.15, 0.2) is 0 Å². The van der Waals surface area contributed by atoms with Crippen LogP contribution in [0.4, 0.5) is 11.5 Å². The number of likely N-dealkylation sites (tertiary alicyclic amines) is 1. The van der Waals surface area contributed by atoms with Gasteiger partial charge >= 0.3 is 0 Å². The molecule has 0 saturated carbocycles. The fourth-order valence-corrected chi connectivity index (χ4v) is 3.80. The van der Waals surface area contributed by atoms with Crippen LogP contribution >= 0.6 is 0 Å². The van der Waals surface area contributed by atoms with Crippen molar-refractivity contribution in [3.63, 3.8) is 0 Å². The van der Waals surface area contributed by atoms with Gasteiger partial charge in [0.2, 0.25) is 0 Å². The first-order valence-corrected chi connectivity index (χ1v) is 9.35. The van der Waals surface area contributed by atoms with Crippen LogP contribution in [0, 0.1) is 0 Å². The molecule has 0 bridgehead atoms. The minimum atomic E-state index is 0.0487. The van der Waals surface area contributed by atoms with Crippen LogP contribution in [-0.4, -0.2) is 29.4 Å². The van der Waals surface area contributed by atoms with Crippen LogP contribution in [0.1, 0.15) is 34.8 Å². The van der Waals surface area contributed by atoms with E-state index >= 15 is 0 Å². The number of carbonyl (C=O) groups is 1. The lowest BCUT2D eigenvalue weighted by atomic mass is 10.0. The quantitative estimate of drug-likeness (QED) is 0.671. The number of pyridine rings is 1. The van der Waals surface area contributed by atoms with Crippen molar-refractivity contribution in [1.82, 2.24) is 9.88 Å². The first-order chi connectivity index (χ1) is 13.3. The van der Waals surface area contributed by atoms with Crippen LogP contribution in [-0.2, 0) is 0 Å². The van der Waals surface area contributed by atoms with Crippen LogP contribution in [0.2, 0.25) is 0 Å². The Kier molecular flexibility index (Phi) is 4.88. The van der Waals surface area contributed by atoms with Gasteiger partial charge in [-0.15, -0.1) is 0 Å². The van der Waals surface area contributed by atoms with Crippen molar-refractivity contribution in [2.75, 3.05) is 18.5 Å². The van der Waals surface area contributed by atoms with E-state index in [9.17, 15) is 4.79 Å². The summed E-state index contributed by atoms with van der Waals surface area (Å²) in [7, 11) is 2.03. The van der Waals surface area contributed by atoms with E-state index in [0.29, 0.717) is 0 Å². The molecule has 1 aromatic heterocycles. The van der Waals surface area contributed by atoms with Crippen molar-refractivity contribution in [3.05, 3.63) is 90.1 Å². The Morgan fingerprint density at radius 1 is 1.00 bits per heavy atom. The number of nitrogens with zero attached hydrogens (tertiary/aromatic N) is 3. The van der Waals surface area contributed by atoms with Gasteiger partial charge in [0, 0.05) is 36.6 Å². The van der Waals surface area contributed by atoms with Gasteiger partial charge in [-0.1, -0.05) is 42.5 Å². The van der Waals surface area contributed by atoms with Gasteiger partial charge in [-0.05, 0) is 43.2 Å². The minimum absolute atomic E-state index is 0.0487. The van der Waals surface area contributed by atoms with E-state index in [4.69, 9.17) is 0 Å². The summed E-state index contributed by atoms with van der Waals surface area (Å²) in [5.41, 5.74) is 2.92. The normalized spacial score (nSPS) is 16.3. The fraction of sp³-hybridized carbons (Fsp3) is 0.217. The predicted octanol–water partition coefficient (Wildman–Crippen LogP) is 4.83. The Bertz CT molecular complexity index is 911. The lowest BCUT2D eigenvalue weighted by Crippen LogP contribution is -2.31. The molecule has 1 aliphatic heterocycles. The Morgan fingerprint density at radius 3 is 2.44 bits per heavy atom. The van der Waals surface area contributed by atoms with Gasteiger partial charge < -0.3 is 9.80 Å². The third kappa shape index (κ3) is 3.43. The molecule has 4 heteroatoms. The summed E-state index contributed by atoms with van der Waals surface area (Å²) in [6.45, 7) is 0.780. The van der Waals surface area contributed by atoms with Gasteiger partial charge in [0.05, 0.1) is 6.04 Å². The molecule has 136 valence electrons. The minimum Gasteiger partial charge on any atom is -0.331 e. The van der Waals surface area contributed by atoms with E-state index in [0.717, 1.165) is 42.0 Å². The molecule has 2 aromatic carbocycles. The Hall–Kier alpha value is -3.14. The molecular formula is C23H23N3O. The van der Waals surface area contributed by atoms with Crippen LogP contribution in [0.15, 0.2) is 79.0 Å². The highest BCUT2D eigenvalue weighted by Gasteiger charge is 2.33. The number of carbonyl (C=O) groups excluding carboxylic acids is 1. The maximum atomic E-state index is 13.1. The SMILES string of the molecule is CN(c1ccccc1)c1ncccc1[C@@H]1CCCN1C(=O)c1ccccc1. The third-order valence-electron chi connectivity index (χ3n) is 5.17. The molecule has 0 N–H and O–H groups in total. The number of aromatic nitrogens is 1. The zero-order valence-electron chi connectivity index (χ0n) is 15.5. The topological polar surface area (TPSA) is 36.4 Å². The number of amides is 1. The molecule has 4 rings (SSSR count). The van der Waals surface area contributed by atoms with E-state index < -0.39 is 0 Å². The molecule has 1 amide bonds. The summed E-state index contributed by atoms with van der Waals surface area (Å²) in [4.78, 5) is 21.8. The highest BCUT2D eigenvalue weighted by molar-refractivity contribution is 5.94. The zero-order valence-corrected chi connectivity index (χ0v) is 15.5. The Balaban J connectivity index is 1.68. The second kappa shape index (κ2) is 7.62. The molecule has 0 unspecified atom stereocenters. The van der Waals surface area contributed by atoms with Crippen LogP contribution in [0.5, 0.6) is 0 Å². The summed E-state index contributed by atoms with van der Waals surface area (Å²) < 4.78 is 0. The van der Waals surface area contributed by atoms with Crippen molar-refractivity contribution in [2.24, 2.45) is 0 Å². The Morgan fingerprint density at radius 2 is 1.70 bits per heavy atom. The molecular weight excluding hydrogens is 334 g/mol. The molecule has 1 fully saturated rings. The molecule has 1 atom stereocenters. The summed E-state index contributed by atoms with van der Waals surface area (Å²) in [6.07, 6.45) is 3.78. The molecule has 27 heavy (non-hydrogen) atoms. The van der Waals surface area contributed by atoms with Crippen molar-refractivity contribution in [2.45, 2.75) is 18.9 Å². The lowest BCUT2D eigenvalue weighted by Gasteiger charge is -2.29. The lowest BCUT2D eigenvalue weighted by molar-refractivity contribution is 0.0736. The van der Waals surface area contributed by atoms with Gasteiger partial charge in [0.25, 0.3) is 5.91 Å².